The molecule has 0 saturated carbocycles. The molecule has 0 aliphatic rings. The summed E-state index contributed by atoms with van der Waals surface area (Å²) in [7, 11) is -17.5. The Morgan fingerprint density at radius 1 is 0.590 bits per heavy atom. The summed E-state index contributed by atoms with van der Waals surface area (Å²) in [6.45, 7) is 8.04. The highest BCUT2D eigenvalue weighted by molar-refractivity contribution is 7.99. The zero-order valence-electron chi connectivity index (χ0n) is 44.7. The van der Waals surface area contributed by atoms with Crippen molar-refractivity contribution in [3.05, 3.63) is 111 Å². The molecule has 7 rings (SSSR count). The molecule has 438 valence electrons. The van der Waals surface area contributed by atoms with Crippen molar-refractivity contribution in [1.82, 2.24) is 9.38 Å². The fourth-order valence-corrected chi connectivity index (χ4v) is 12.7. The maximum atomic E-state index is 12.3. The molecule has 0 spiro atoms. The van der Waals surface area contributed by atoms with Crippen LogP contribution in [0.3, 0.4) is 0 Å². The Morgan fingerprint density at radius 3 is 1.59 bits per heavy atom. The van der Waals surface area contributed by atoms with E-state index >= 15 is 0 Å². The summed E-state index contributed by atoms with van der Waals surface area (Å²) >= 11 is 8.50. The molecule has 25 nitrogen and oxygen atoms in total. The molecule has 0 amide bonds. The number of thioether (sulfide) groups is 2. The first kappa shape index (κ1) is 63.7. The lowest BCUT2D eigenvalue weighted by molar-refractivity contribution is 0.310. The highest BCUT2D eigenvalue weighted by Gasteiger charge is 2.25. The van der Waals surface area contributed by atoms with Gasteiger partial charge in [0.2, 0.25) is 5.88 Å². The molecule has 83 heavy (non-hydrogen) atoms. The zero-order valence-corrected chi connectivity index (χ0v) is 50.3. The minimum Gasteiger partial charge on any atom is -0.493 e. The number of aromatic nitrogens is 2. The molecule has 0 atom stereocenters. The van der Waals surface area contributed by atoms with Gasteiger partial charge in [0.25, 0.3) is 40.5 Å². The van der Waals surface area contributed by atoms with E-state index in [-0.39, 0.29) is 100.0 Å². The van der Waals surface area contributed by atoms with E-state index in [1.165, 1.54) is 55.6 Å². The molecule has 0 bridgehead atoms. The summed E-state index contributed by atoms with van der Waals surface area (Å²) in [4.78, 5) is 5.06. The summed E-state index contributed by atoms with van der Waals surface area (Å²) in [6, 6.07) is 21.1. The third-order valence-corrected chi connectivity index (χ3v) is 18.1. The number of hydrogen-bond donors (Lipinski definition) is 5. The highest BCUT2D eigenvalue weighted by Crippen LogP contribution is 2.44. The topological polar surface area (TPSA) is 387 Å². The van der Waals surface area contributed by atoms with Gasteiger partial charge in [-0.2, -0.15) is 59.4 Å². The Hall–Kier alpha value is -6.83. The van der Waals surface area contributed by atoms with Gasteiger partial charge in [-0.25, -0.2) is 4.98 Å². The van der Waals surface area contributed by atoms with E-state index in [1.54, 1.807) is 69.3 Å². The summed E-state index contributed by atoms with van der Waals surface area (Å²) < 4.78 is 139. The van der Waals surface area contributed by atoms with E-state index in [9.17, 15) is 62.3 Å². The molecule has 0 aliphatic carbocycles. The molecule has 0 fully saturated rings. The SMILES string of the molecule is Cc1cc(N=Nc2cc(SCCCS(=O)(=O)O)c(N=Nc3cc(OCCCCS(=O)(=O)O)c(N=Nc4c(C)c(C#N)c5nc6ccc(S(=O)(=O)O)c(C)c6n5c4O)cc3C)cc2C)c(SCCCS(=O)(=O)O)cc1N=Nc1ccc(Cl)cc1. The largest absolute Gasteiger partial charge is 0.493 e. The molecule has 0 aliphatic heterocycles. The quantitative estimate of drug-likeness (QED) is 0.0154. The fraction of sp³-hybridized carbons (Fsp3) is 0.294. The Morgan fingerprint density at radius 2 is 1.07 bits per heavy atom. The lowest BCUT2D eigenvalue weighted by Crippen LogP contribution is -2.06. The number of azo groups is 4. The van der Waals surface area contributed by atoms with Crippen molar-refractivity contribution in [2.75, 3.05) is 35.4 Å². The van der Waals surface area contributed by atoms with Crippen LogP contribution in [0.4, 0.5) is 45.5 Å². The van der Waals surface area contributed by atoms with E-state index in [1.807, 2.05) is 0 Å². The normalized spacial score (nSPS) is 12.8. The number of rotatable bonds is 25. The minimum atomic E-state index is -4.72. The fourth-order valence-electron chi connectivity index (χ4n) is 8.02. The summed E-state index contributed by atoms with van der Waals surface area (Å²) in [5.74, 6) is -1.54. The molecular formula is C51H52ClN11O14S6. The van der Waals surface area contributed by atoms with Crippen molar-refractivity contribution in [2.24, 2.45) is 40.9 Å². The molecule has 32 heteroatoms. The predicted octanol–water partition coefficient (Wildman–Crippen LogP) is 14.0. The van der Waals surface area contributed by atoms with Crippen molar-refractivity contribution in [2.45, 2.75) is 75.0 Å². The molecular weight excluding hydrogens is 1220 g/mol. The van der Waals surface area contributed by atoms with Crippen LogP contribution < -0.4 is 4.74 Å². The molecule has 2 aromatic heterocycles. The number of halogens is 1. The number of nitrogens with zero attached hydrogens (tertiary/aromatic N) is 11. The molecule has 2 heterocycles. The van der Waals surface area contributed by atoms with Gasteiger partial charge >= 0.3 is 0 Å². The maximum absolute atomic E-state index is 12.3. The van der Waals surface area contributed by atoms with Crippen molar-refractivity contribution < 1.29 is 61.7 Å². The van der Waals surface area contributed by atoms with Gasteiger partial charge in [-0.15, -0.1) is 44.0 Å². The number of nitriles is 1. The summed E-state index contributed by atoms with van der Waals surface area (Å²) in [5, 5.41) is 58.4. The lowest BCUT2D eigenvalue weighted by atomic mass is 10.1. The molecule has 0 unspecified atom stereocenters. The molecule has 0 saturated heterocycles. The summed E-state index contributed by atoms with van der Waals surface area (Å²) in [6.07, 6.45) is 0.361. The van der Waals surface area contributed by atoms with E-state index < -0.39 is 68.5 Å². The first-order chi connectivity index (χ1) is 39.0. The number of aromatic hydroxyl groups is 1. The van der Waals surface area contributed by atoms with E-state index in [2.05, 4.69) is 52.0 Å². The number of hydrogen-bond acceptors (Lipinski definition) is 22. The predicted molar refractivity (Wildman–Crippen MR) is 315 cm³/mol. The van der Waals surface area contributed by atoms with Crippen LogP contribution in [-0.4, -0.2) is 102 Å². The van der Waals surface area contributed by atoms with Gasteiger partial charge in [0.05, 0.1) is 73.9 Å². The lowest BCUT2D eigenvalue weighted by Gasteiger charge is -2.12. The van der Waals surface area contributed by atoms with Crippen molar-refractivity contribution in [3.63, 3.8) is 0 Å². The average Bonchev–Trinajstić information content (AvgIpc) is 2.22. The van der Waals surface area contributed by atoms with Gasteiger partial charge in [0.1, 0.15) is 23.1 Å². The number of benzene rings is 5. The van der Waals surface area contributed by atoms with E-state index in [0.29, 0.717) is 59.9 Å². The van der Waals surface area contributed by atoms with Crippen LogP contribution in [-0.2, 0) is 40.5 Å². The monoisotopic (exact) mass is 1270 g/mol. The van der Waals surface area contributed by atoms with Crippen molar-refractivity contribution in [1.29, 1.82) is 5.26 Å². The zero-order chi connectivity index (χ0) is 60.6. The number of aryl methyl sites for hydroxylation is 4. The number of unbranched alkanes of at least 4 members (excludes halogenated alkanes) is 1. The van der Waals surface area contributed by atoms with Crippen LogP contribution >= 0.6 is 35.1 Å². The Bertz CT molecular complexity index is 4310. The Balaban J connectivity index is 1.27. The number of pyridine rings is 1. The molecule has 0 radical (unpaired) electrons. The minimum absolute atomic E-state index is 0.0214. The van der Waals surface area contributed by atoms with Gasteiger partial charge in [-0.05, 0) is 161 Å². The molecule has 7 aromatic rings. The van der Waals surface area contributed by atoms with Gasteiger partial charge in [-0.1, -0.05) is 11.6 Å². The first-order valence-electron chi connectivity index (χ1n) is 24.7. The number of imidazole rings is 1. The number of ether oxygens (including phenoxy) is 1. The van der Waals surface area contributed by atoms with Crippen LogP contribution in [0.15, 0.2) is 128 Å². The van der Waals surface area contributed by atoms with Crippen molar-refractivity contribution in [3.8, 4) is 17.7 Å². The standard InChI is InChI=1S/C51H52ClN11O14S6/c1-29-22-41(59-62-48-32(4)36(28-53)50-54-37-14-15-47(83(74,75)76)33(5)49(37)63(50)51(48)64)44(77-16-6-7-19-80(65,66)67)25-38(29)57-60-42-24-31(3)40(27-46(42)79-18-9-21-82(71,72)73)58-61-43-23-30(2)39(56-55-35-12-10-34(52)11-13-35)26-45(43)78-17-8-20-81(68,69)70/h10-15,22-27,64H,6-9,16-21H2,1-5H3,(H,65,66,67)(H,68,69,70)(H,71,72,73)(H,74,75,76). The van der Waals surface area contributed by atoms with Crippen LogP contribution in [0.1, 0.15) is 59.1 Å². The first-order valence-corrected chi connectivity index (χ1v) is 33.3. The maximum Gasteiger partial charge on any atom is 0.294 e. The van der Waals surface area contributed by atoms with Crippen LogP contribution in [0.2, 0.25) is 5.02 Å². The average molecular weight is 1270 g/mol. The van der Waals surface area contributed by atoms with E-state index in [4.69, 9.17) is 16.3 Å². The second kappa shape index (κ2) is 26.8. The van der Waals surface area contributed by atoms with Crippen LogP contribution in [0.25, 0.3) is 16.7 Å². The molecule has 5 aromatic carbocycles. The van der Waals surface area contributed by atoms with Gasteiger partial charge in [0, 0.05) is 26.4 Å². The van der Waals surface area contributed by atoms with Gasteiger partial charge in [0.15, 0.2) is 11.3 Å². The third kappa shape index (κ3) is 17.2. The third-order valence-electron chi connectivity index (χ3n) is 12.2. The second-order valence-corrected chi connectivity index (χ2v) is 27.3. The van der Waals surface area contributed by atoms with Gasteiger partial charge < -0.3 is 9.84 Å². The summed E-state index contributed by atoms with van der Waals surface area (Å²) in [5.41, 5.74) is 4.37. The van der Waals surface area contributed by atoms with Gasteiger partial charge in [-0.3, -0.25) is 22.6 Å². The van der Waals surface area contributed by atoms with Crippen LogP contribution in [0.5, 0.6) is 11.6 Å². The Kier molecular flexibility index (Phi) is 20.6. The van der Waals surface area contributed by atoms with Crippen molar-refractivity contribution >= 4 is 138 Å². The molecule has 5 N–H and O–H groups in total. The van der Waals surface area contributed by atoms with E-state index in [0.717, 1.165) is 10.5 Å². The number of fused-ring (bicyclic) bond motifs is 3. The highest BCUT2D eigenvalue weighted by atomic mass is 35.5. The Labute approximate surface area is 491 Å². The van der Waals surface area contributed by atoms with Crippen LogP contribution in [0, 0.1) is 45.9 Å². The second-order valence-electron chi connectivity index (χ2n) is 18.5. The smallest absolute Gasteiger partial charge is 0.294 e.